The van der Waals surface area contributed by atoms with Gasteiger partial charge in [0.05, 0.1) is 33.6 Å². The molecule has 0 radical (unpaired) electrons. The molecule has 0 aromatic heterocycles. The van der Waals surface area contributed by atoms with Gasteiger partial charge >= 0.3 is 21.4 Å². The van der Waals surface area contributed by atoms with Crippen molar-refractivity contribution in [3.05, 3.63) is 394 Å². The van der Waals surface area contributed by atoms with Crippen LogP contribution in [0.4, 0.5) is 0 Å². The summed E-state index contributed by atoms with van der Waals surface area (Å²) in [6.45, 7) is 25.3. The van der Waals surface area contributed by atoms with E-state index in [1.807, 2.05) is 12.1 Å². The van der Waals surface area contributed by atoms with Crippen LogP contribution in [0, 0.1) is 0 Å². The van der Waals surface area contributed by atoms with Gasteiger partial charge in [0.1, 0.15) is 0 Å². The zero-order valence-electron chi connectivity index (χ0n) is 73.2. The van der Waals surface area contributed by atoms with E-state index in [1.165, 1.54) is 121 Å². The molecular formula is C116H101B3O6. The van der Waals surface area contributed by atoms with Gasteiger partial charge < -0.3 is 27.9 Å². The van der Waals surface area contributed by atoms with Crippen molar-refractivity contribution in [3.63, 3.8) is 0 Å². The Bertz CT molecular complexity index is 6800. The highest BCUT2D eigenvalue weighted by atomic mass is 16.7. The minimum atomic E-state index is -0.496. The van der Waals surface area contributed by atoms with Crippen molar-refractivity contribution in [1.82, 2.24) is 0 Å². The third kappa shape index (κ3) is 16.4. The Labute approximate surface area is 736 Å². The molecular weight excluding hydrogens is 1520 g/mol. The summed E-state index contributed by atoms with van der Waals surface area (Å²) < 4.78 is 39.2. The van der Waals surface area contributed by atoms with Crippen LogP contribution in [0.5, 0.6) is 0 Å². The average molecular weight is 1620 g/mol. The Morgan fingerprint density at radius 2 is 0.328 bits per heavy atom. The van der Waals surface area contributed by atoms with Crippen LogP contribution in [0.2, 0.25) is 0 Å². The molecule has 0 N–H and O–H groups in total. The maximum absolute atomic E-state index is 6.67. The van der Waals surface area contributed by atoms with Gasteiger partial charge in [0.15, 0.2) is 0 Å². The normalized spacial score (nSPS) is 15.8. The lowest BCUT2D eigenvalue weighted by Crippen LogP contribution is -2.41. The second kappa shape index (κ2) is 33.0. The van der Waals surface area contributed by atoms with Crippen LogP contribution in [-0.2, 0) is 27.9 Å². The molecule has 3 aliphatic heterocycles. The largest absolute Gasteiger partial charge is 0.494 e. The van der Waals surface area contributed by atoms with Gasteiger partial charge in [-0.2, -0.15) is 0 Å². The topological polar surface area (TPSA) is 55.4 Å². The van der Waals surface area contributed by atoms with Crippen LogP contribution in [0.1, 0.15) is 83.1 Å². The van der Waals surface area contributed by atoms with Crippen LogP contribution in [-0.4, -0.2) is 55.0 Å². The SMILES string of the molecule is CC1(C)OB(c2cc(-c3cc(-c4ccccc4)cc(-c4ccccc4)c3)cc(-c3ccc4c(ccc5ccccc54)c3)c2)OC1(C)C.CC1(C)OB(c2cc(-c3cc(-c4ccccc4)cc(-c4ccccc4)c3)cc(-c3ccc4c5ccccc5c5ccccc5c4c3)c2)OC1(C)C.CC1(C)OB(c2cc(-c3ccccc3)cc(-c3ccccc3)c2)OC1(C)C. The third-order valence-corrected chi connectivity index (χ3v) is 26.8. The molecule has 0 bridgehead atoms. The van der Waals surface area contributed by atoms with Crippen molar-refractivity contribution in [2.45, 2.75) is 117 Å². The van der Waals surface area contributed by atoms with E-state index in [4.69, 9.17) is 27.9 Å². The Morgan fingerprint density at radius 1 is 0.136 bits per heavy atom. The molecule has 18 aromatic carbocycles. The molecule has 9 heteroatoms. The summed E-state index contributed by atoms with van der Waals surface area (Å²) in [5, 5.41) is 12.6. The zero-order chi connectivity index (χ0) is 86.0. The highest BCUT2D eigenvalue weighted by Gasteiger charge is 2.54. The average Bonchev–Trinajstić information content (AvgIpc) is 1.67. The van der Waals surface area contributed by atoms with Gasteiger partial charge in [-0.25, -0.2) is 0 Å². The van der Waals surface area contributed by atoms with Gasteiger partial charge in [0.25, 0.3) is 0 Å². The molecule has 0 saturated carbocycles. The van der Waals surface area contributed by atoms with E-state index in [-0.39, 0.29) is 18.3 Å². The van der Waals surface area contributed by atoms with Crippen LogP contribution < -0.4 is 16.4 Å². The van der Waals surface area contributed by atoms with E-state index in [0.29, 0.717) is 0 Å². The standard InChI is InChI=1S/C48H39BO2.C44H37BO2.C24H25BO2/c1-47(2)48(3,4)51-49(50-47)40-29-38(34-23-24-45-43-21-12-11-19-41(43)42-20-13-14-22-44(42)46(45)31-34)28-39(30-40)37-26-35(32-15-7-5-8-16-32)25-36(27-37)33-17-9-6-10-18-33;1-43(2)44(3,4)47-45(46-43)40-28-38(33-21-22-42-34(23-33)20-19-32-17-11-12-18-41(32)42)27-39(29-40)37-25-35(30-13-7-5-8-14-30)24-36(26-37)31-15-9-6-10-16-31;1-23(2)24(3,4)27-25(26-23)22-16-20(18-11-7-5-8-12-18)15-21(17-22)19-13-9-6-10-14-19/h5-31H,1-4H3;5-29H,1-4H3;5-17H,1-4H3. The molecule has 610 valence electrons. The predicted octanol–water partition coefficient (Wildman–Crippen LogP) is 28.4. The van der Waals surface area contributed by atoms with Crippen molar-refractivity contribution >= 4 is 91.6 Å². The third-order valence-electron chi connectivity index (χ3n) is 26.8. The minimum Gasteiger partial charge on any atom is -0.399 e. The number of rotatable bonds is 13. The lowest BCUT2D eigenvalue weighted by Gasteiger charge is -2.32. The van der Waals surface area contributed by atoms with E-state index in [1.54, 1.807) is 0 Å². The van der Waals surface area contributed by atoms with E-state index >= 15 is 0 Å². The molecule has 3 fully saturated rings. The van der Waals surface area contributed by atoms with Gasteiger partial charge in [0.2, 0.25) is 0 Å². The maximum Gasteiger partial charge on any atom is 0.494 e. The van der Waals surface area contributed by atoms with Gasteiger partial charge in [-0.1, -0.05) is 328 Å². The molecule has 18 aromatic rings. The van der Waals surface area contributed by atoms with E-state index in [9.17, 15) is 0 Å². The first-order valence-corrected chi connectivity index (χ1v) is 43.7. The van der Waals surface area contributed by atoms with Gasteiger partial charge in [-0.3, -0.25) is 0 Å². The Hall–Kier alpha value is -12.8. The molecule has 6 nitrogen and oxygen atoms in total. The molecule has 21 rings (SSSR count). The maximum atomic E-state index is 6.67. The molecule has 125 heavy (non-hydrogen) atoms. The first-order chi connectivity index (χ1) is 60.3. The molecule has 0 aliphatic carbocycles. The number of hydrogen-bond donors (Lipinski definition) is 0. The Balaban J connectivity index is 0.000000128. The van der Waals surface area contributed by atoms with Crippen LogP contribution in [0.25, 0.3) is 165 Å². The fraction of sp³-hybridized carbons (Fsp3) is 0.155. The van der Waals surface area contributed by atoms with Crippen molar-refractivity contribution in [1.29, 1.82) is 0 Å². The minimum absolute atomic E-state index is 0.354. The molecule has 0 atom stereocenters. The van der Waals surface area contributed by atoms with Crippen LogP contribution >= 0.6 is 0 Å². The van der Waals surface area contributed by atoms with Crippen molar-refractivity contribution in [2.24, 2.45) is 0 Å². The molecule has 3 heterocycles. The van der Waals surface area contributed by atoms with E-state index in [2.05, 4.69) is 465 Å². The lowest BCUT2D eigenvalue weighted by molar-refractivity contribution is 0.00578. The Kier molecular flexibility index (Phi) is 21.6. The summed E-state index contributed by atoms with van der Waals surface area (Å²) in [4.78, 5) is 0. The molecule has 0 amide bonds. The lowest BCUT2D eigenvalue weighted by atomic mass is 9.76. The summed E-state index contributed by atoms with van der Waals surface area (Å²) >= 11 is 0. The molecule has 3 saturated heterocycles. The van der Waals surface area contributed by atoms with Gasteiger partial charge in [0, 0.05) is 0 Å². The molecule has 0 unspecified atom stereocenters. The van der Waals surface area contributed by atoms with Crippen LogP contribution in [0.3, 0.4) is 0 Å². The Morgan fingerprint density at radius 3 is 0.624 bits per heavy atom. The fourth-order valence-corrected chi connectivity index (χ4v) is 17.6. The highest BCUT2D eigenvalue weighted by molar-refractivity contribution is 6.63. The number of hydrogen-bond acceptors (Lipinski definition) is 6. The highest BCUT2D eigenvalue weighted by Crippen LogP contribution is 2.45. The predicted molar refractivity (Wildman–Crippen MR) is 528 cm³/mol. The van der Waals surface area contributed by atoms with Crippen molar-refractivity contribution in [2.75, 3.05) is 0 Å². The van der Waals surface area contributed by atoms with Gasteiger partial charge in [-0.05, 0) is 331 Å². The number of benzene rings is 18. The zero-order valence-corrected chi connectivity index (χ0v) is 73.2. The number of fused-ring (bicyclic) bond motifs is 9. The summed E-state index contributed by atoms with van der Waals surface area (Å²) in [6, 6.07) is 142. The second-order valence-corrected chi connectivity index (χ2v) is 36.7. The van der Waals surface area contributed by atoms with Gasteiger partial charge in [-0.15, -0.1) is 0 Å². The smallest absolute Gasteiger partial charge is 0.399 e. The van der Waals surface area contributed by atoms with Crippen molar-refractivity contribution in [3.8, 4) is 111 Å². The van der Waals surface area contributed by atoms with Crippen molar-refractivity contribution < 1.29 is 27.9 Å². The summed E-state index contributed by atoms with van der Waals surface area (Å²) in [7, 11) is -1.35. The second-order valence-electron chi connectivity index (χ2n) is 36.7. The first-order valence-electron chi connectivity index (χ1n) is 43.7. The van der Waals surface area contributed by atoms with E-state index < -0.39 is 36.6 Å². The molecule has 0 spiro atoms. The monoisotopic (exact) mass is 1620 g/mol. The summed E-state index contributed by atoms with van der Waals surface area (Å²) in [6.07, 6.45) is 0. The van der Waals surface area contributed by atoms with E-state index in [0.717, 1.165) is 60.9 Å². The summed E-state index contributed by atoms with van der Waals surface area (Å²) in [5.74, 6) is 0. The quantitative estimate of drug-likeness (QED) is 0.0847. The summed E-state index contributed by atoms with van der Waals surface area (Å²) in [5.41, 5.74) is 23.9. The first kappa shape index (κ1) is 81.9. The molecule has 3 aliphatic rings. The fourth-order valence-electron chi connectivity index (χ4n) is 17.6. The van der Waals surface area contributed by atoms with Crippen LogP contribution in [0.15, 0.2) is 394 Å².